The van der Waals surface area contributed by atoms with E-state index in [1.54, 1.807) is 13.3 Å². The smallest absolute Gasteiger partial charge is 0.220 e. The predicted octanol–water partition coefficient (Wildman–Crippen LogP) is 3.60. The normalized spacial score (nSPS) is 14.9. The molecule has 1 heterocycles. The van der Waals surface area contributed by atoms with Gasteiger partial charge in [0.1, 0.15) is 5.75 Å². The van der Waals surface area contributed by atoms with Crippen molar-refractivity contribution in [3.8, 4) is 5.75 Å². The van der Waals surface area contributed by atoms with E-state index in [0.29, 0.717) is 18.8 Å². The first-order chi connectivity index (χ1) is 11.7. The number of hydrogen-bond acceptors (Lipinski definition) is 3. The number of amides is 1. The van der Waals surface area contributed by atoms with E-state index < -0.39 is 0 Å². The van der Waals surface area contributed by atoms with E-state index in [1.807, 2.05) is 30.3 Å². The monoisotopic (exact) mass is 324 g/mol. The molecule has 4 heteroatoms. The van der Waals surface area contributed by atoms with Gasteiger partial charge in [0.25, 0.3) is 0 Å². The van der Waals surface area contributed by atoms with Gasteiger partial charge in [-0.05, 0) is 61.4 Å². The molecule has 1 aromatic heterocycles. The highest BCUT2D eigenvalue weighted by molar-refractivity contribution is 5.76. The fraction of sp³-hybridized carbons (Fsp3) is 0.400. The summed E-state index contributed by atoms with van der Waals surface area (Å²) < 4.78 is 5.23. The molecule has 0 spiro atoms. The third kappa shape index (κ3) is 4.13. The van der Waals surface area contributed by atoms with Crippen molar-refractivity contribution < 1.29 is 9.53 Å². The number of methoxy groups -OCH3 is 1. The van der Waals surface area contributed by atoms with Gasteiger partial charge in [-0.3, -0.25) is 9.78 Å². The Morgan fingerprint density at radius 1 is 1.33 bits per heavy atom. The summed E-state index contributed by atoms with van der Waals surface area (Å²) >= 11 is 0. The van der Waals surface area contributed by atoms with Crippen LogP contribution in [0.25, 0.3) is 0 Å². The summed E-state index contributed by atoms with van der Waals surface area (Å²) in [5, 5.41) is 3.20. The molecule has 0 saturated heterocycles. The van der Waals surface area contributed by atoms with Gasteiger partial charge >= 0.3 is 0 Å². The van der Waals surface area contributed by atoms with Crippen LogP contribution in [-0.2, 0) is 11.2 Å². The van der Waals surface area contributed by atoms with Gasteiger partial charge < -0.3 is 10.1 Å². The van der Waals surface area contributed by atoms with E-state index in [9.17, 15) is 4.79 Å². The molecular formula is C20H24N2O2. The van der Waals surface area contributed by atoms with Crippen molar-refractivity contribution in [2.45, 2.75) is 38.6 Å². The van der Waals surface area contributed by atoms with Gasteiger partial charge in [0, 0.05) is 12.6 Å². The molecule has 1 aromatic carbocycles. The van der Waals surface area contributed by atoms with E-state index in [4.69, 9.17) is 4.74 Å². The molecule has 24 heavy (non-hydrogen) atoms. The van der Waals surface area contributed by atoms with Crippen LogP contribution < -0.4 is 10.1 Å². The first-order valence-corrected chi connectivity index (χ1v) is 8.51. The van der Waals surface area contributed by atoms with Crippen LogP contribution in [0.4, 0.5) is 0 Å². The van der Waals surface area contributed by atoms with E-state index in [2.05, 4.69) is 23.3 Å². The number of hydrogen-bond donors (Lipinski definition) is 1. The number of carbonyl (C=O) groups excluding carboxylic acids is 1. The zero-order chi connectivity index (χ0) is 16.9. The van der Waals surface area contributed by atoms with Gasteiger partial charge in [-0.1, -0.05) is 18.2 Å². The van der Waals surface area contributed by atoms with Crippen molar-refractivity contribution in [1.82, 2.24) is 10.3 Å². The number of carbonyl (C=O) groups is 1. The molecule has 1 amide bonds. The second-order valence-corrected chi connectivity index (χ2v) is 6.44. The van der Waals surface area contributed by atoms with Crippen molar-refractivity contribution in [2.24, 2.45) is 5.92 Å². The summed E-state index contributed by atoms with van der Waals surface area (Å²) in [6.45, 7) is 2.06. The van der Waals surface area contributed by atoms with Crippen molar-refractivity contribution in [2.75, 3.05) is 7.11 Å². The number of aryl methyl sites for hydroxylation is 2. The van der Waals surface area contributed by atoms with E-state index >= 15 is 0 Å². The van der Waals surface area contributed by atoms with Crippen LogP contribution in [0.5, 0.6) is 5.75 Å². The maximum atomic E-state index is 12.4. The summed E-state index contributed by atoms with van der Waals surface area (Å²) in [6, 6.07) is 11.9. The lowest BCUT2D eigenvalue weighted by Crippen LogP contribution is -2.31. The van der Waals surface area contributed by atoms with Crippen molar-refractivity contribution in [1.29, 1.82) is 0 Å². The molecule has 0 bridgehead atoms. The average Bonchev–Trinajstić information content (AvgIpc) is 3.44. The van der Waals surface area contributed by atoms with Crippen molar-refractivity contribution >= 4 is 5.91 Å². The SMILES string of the molecule is COc1cccc(CCC(=O)NC(c2ncccc2C)C2CC2)c1. The standard InChI is InChI=1S/C20H24N2O2/c1-14-5-4-12-21-19(14)20(16-9-10-16)22-18(23)11-8-15-6-3-7-17(13-15)24-2/h3-7,12-13,16,20H,8-11H2,1-2H3,(H,22,23). The summed E-state index contributed by atoms with van der Waals surface area (Å²) in [5.74, 6) is 1.44. The van der Waals surface area contributed by atoms with Crippen LogP contribution in [0.15, 0.2) is 42.6 Å². The van der Waals surface area contributed by atoms with Gasteiger partial charge in [0.2, 0.25) is 5.91 Å². The second kappa shape index (κ2) is 7.47. The highest BCUT2D eigenvalue weighted by Gasteiger charge is 2.34. The van der Waals surface area contributed by atoms with Crippen LogP contribution in [-0.4, -0.2) is 18.0 Å². The number of aromatic nitrogens is 1. The molecule has 1 fully saturated rings. The Bertz CT molecular complexity index is 710. The highest BCUT2D eigenvalue weighted by atomic mass is 16.5. The van der Waals surface area contributed by atoms with Crippen molar-refractivity contribution in [3.05, 3.63) is 59.4 Å². The Balaban J connectivity index is 1.61. The summed E-state index contributed by atoms with van der Waals surface area (Å²) in [7, 11) is 1.65. The Hall–Kier alpha value is -2.36. The van der Waals surface area contributed by atoms with Gasteiger partial charge in [-0.25, -0.2) is 0 Å². The van der Waals surface area contributed by atoms with E-state index in [-0.39, 0.29) is 11.9 Å². The quantitative estimate of drug-likeness (QED) is 0.846. The Morgan fingerprint density at radius 2 is 2.17 bits per heavy atom. The van der Waals surface area contributed by atoms with Crippen LogP contribution in [0, 0.1) is 12.8 Å². The second-order valence-electron chi connectivity index (χ2n) is 6.44. The van der Waals surface area contributed by atoms with Crippen LogP contribution >= 0.6 is 0 Å². The third-order valence-electron chi connectivity index (χ3n) is 4.53. The highest BCUT2D eigenvalue weighted by Crippen LogP contribution is 2.41. The zero-order valence-electron chi connectivity index (χ0n) is 14.3. The molecule has 0 radical (unpaired) electrons. The number of pyridine rings is 1. The van der Waals surface area contributed by atoms with E-state index in [1.165, 1.54) is 0 Å². The Labute approximate surface area is 143 Å². The molecule has 0 aliphatic heterocycles. The van der Waals surface area contributed by atoms with Gasteiger partial charge in [-0.2, -0.15) is 0 Å². The molecule has 1 atom stereocenters. The molecule has 3 rings (SSSR count). The number of ether oxygens (including phenoxy) is 1. The number of nitrogens with zero attached hydrogens (tertiary/aromatic N) is 1. The number of nitrogens with one attached hydrogen (secondary N) is 1. The minimum absolute atomic E-state index is 0.0454. The first-order valence-electron chi connectivity index (χ1n) is 8.51. The molecule has 1 N–H and O–H groups in total. The fourth-order valence-electron chi connectivity index (χ4n) is 2.99. The molecule has 2 aromatic rings. The van der Waals surface area contributed by atoms with Crippen molar-refractivity contribution in [3.63, 3.8) is 0 Å². The number of benzene rings is 1. The van der Waals surface area contributed by atoms with Crippen LogP contribution in [0.3, 0.4) is 0 Å². The lowest BCUT2D eigenvalue weighted by Gasteiger charge is -2.19. The lowest BCUT2D eigenvalue weighted by atomic mass is 10.0. The maximum absolute atomic E-state index is 12.4. The minimum atomic E-state index is 0.0454. The summed E-state index contributed by atoms with van der Waals surface area (Å²) in [6.07, 6.45) is 5.32. The molecule has 1 aliphatic carbocycles. The Kier molecular flexibility index (Phi) is 5.14. The molecule has 1 saturated carbocycles. The van der Waals surface area contributed by atoms with Crippen LogP contribution in [0.2, 0.25) is 0 Å². The maximum Gasteiger partial charge on any atom is 0.220 e. The average molecular weight is 324 g/mol. The van der Waals surface area contributed by atoms with Gasteiger partial charge in [-0.15, -0.1) is 0 Å². The third-order valence-corrected chi connectivity index (χ3v) is 4.53. The van der Waals surface area contributed by atoms with Gasteiger partial charge in [0.05, 0.1) is 18.8 Å². The largest absolute Gasteiger partial charge is 0.497 e. The summed E-state index contributed by atoms with van der Waals surface area (Å²) in [4.78, 5) is 16.9. The minimum Gasteiger partial charge on any atom is -0.497 e. The molecule has 4 nitrogen and oxygen atoms in total. The Morgan fingerprint density at radius 3 is 2.88 bits per heavy atom. The lowest BCUT2D eigenvalue weighted by molar-refractivity contribution is -0.122. The molecule has 1 aliphatic rings. The number of rotatable bonds is 7. The molecule has 1 unspecified atom stereocenters. The first kappa shape index (κ1) is 16.5. The van der Waals surface area contributed by atoms with Crippen LogP contribution in [0.1, 0.15) is 42.1 Å². The molecular weight excluding hydrogens is 300 g/mol. The fourth-order valence-corrected chi connectivity index (χ4v) is 2.99. The topological polar surface area (TPSA) is 51.2 Å². The van der Waals surface area contributed by atoms with E-state index in [0.717, 1.165) is 35.4 Å². The molecule has 126 valence electrons. The summed E-state index contributed by atoms with van der Waals surface area (Å²) in [5.41, 5.74) is 3.26. The predicted molar refractivity (Wildman–Crippen MR) is 93.9 cm³/mol. The zero-order valence-corrected chi connectivity index (χ0v) is 14.3. The van der Waals surface area contributed by atoms with Gasteiger partial charge in [0.15, 0.2) is 0 Å².